The number of thiazole rings is 1. The fourth-order valence-electron chi connectivity index (χ4n) is 1.74. The molecule has 0 aliphatic heterocycles. The molecule has 9 heteroatoms. The molecule has 0 saturated carbocycles. The van der Waals surface area contributed by atoms with Gasteiger partial charge in [0.05, 0.1) is 14.9 Å². The normalized spacial score (nSPS) is 10.6. The third-order valence-electron chi connectivity index (χ3n) is 2.77. The number of anilines is 1. The van der Waals surface area contributed by atoms with E-state index in [2.05, 4.69) is 15.3 Å². The summed E-state index contributed by atoms with van der Waals surface area (Å²) in [7, 11) is 0. The third kappa shape index (κ3) is 3.03. The topological polar surface area (TPSA) is 101 Å². The summed E-state index contributed by atoms with van der Waals surface area (Å²) in [6.45, 7) is 0. The Kier molecular flexibility index (Phi) is 3.97. The number of aromatic nitrogens is 2. The van der Waals surface area contributed by atoms with Gasteiger partial charge in [0.15, 0.2) is 5.13 Å². The van der Waals surface area contributed by atoms with Gasteiger partial charge in [-0.05, 0) is 18.2 Å². The molecule has 0 atom stereocenters. The first-order valence-electron chi connectivity index (χ1n) is 6.04. The van der Waals surface area contributed by atoms with Gasteiger partial charge in [-0.1, -0.05) is 11.6 Å². The van der Waals surface area contributed by atoms with Gasteiger partial charge in [0.2, 0.25) is 0 Å². The van der Waals surface area contributed by atoms with Crippen molar-refractivity contribution in [2.75, 3.05) is 5.32 Å². The third-order valence-corrected chi connectivity index (χ3v) is 4.75. The smallest absolute Gasteiger partial charge is 0.267 e. The second kappa shape index (κ2) is 5.91. The first kappa shape index (κ1) is 14.8. The molecule has 3 heterocycles. The van der Waals surface area contributed by atoms with E-state index >= 15 is 0 Å². The number of thiophene rings is 1. The van der Waals surface area contributed by atoms with Crippen molar-refractivity contribution < 1.29 is 9.59 Å². The number of nitrogens with zero attached hydrogens (tertiary/aromatic N) is 1. The predicted molar refractivity (Wildman–Crippen MR) is 87.7 cm³/mol. The van der Waals surface area contributed by atoms with Gasteiger partial charge in [0.1, 0.15) is 5.69 Å². The summed E-state index contributed by atoms with van der Waals surface area (Å²) >= 11 is 8.29. The summed E-state index contributed by atoms with van der Waals surface area (Å²) in [5.41, 5.74) is 6.87. The lowest BCUT2D eigenvalue weighted by Gasteiger charge is -1.97. The lowest BCUT2D eigenvalue weighted by molar-refractivity contribution is 0.0994. The van der Waals surface area contributed by atoms with E-state index < -0.39 is 5.91 Å². The fraction of sp³-hybridized carbons (Fsp3) is 0. The monoisotopic (exact) mass is 352 g/mol. The first-order valence-corrected chi connectivity index (χ1v) is 8.11. The minimum atomic E-state index is -0.537. The summed E-state index contributed by atoms with van der Waals surface area (Å²) in [5, 5.41) is 4.96. The predicted octanol–water partition coefficient (Wildman–Crippen LogP) is 3.20. The number of halogens is 1. The largest absolute Gasteiger partial charge is 0.364 e. The molecule has 3 aromatic rings. The van der Waals surface area contributed by atoms with Gasteiger partial charge in [-0.2, -0.15) is 0 Å². The van der Waals surface area contributed by atoms with Crippen LogP contribution in [0.3, 0.4) is 0 Å². The zero-order chi connectivity index (χ0) is 15.7. The lowest BCUT2D eigenvalue weighted by Crippen LogP contribution is -2.10. The first-order chi connectivity index (χ1) is 10.5. The highest BCUT2D eigenvalue weighted by atomic mass is 35.5. The van der Waals surface area contributed by atoms with Crippen LogP contribution in [0.15, 0.2) is 29.8 Å². The molecule has 3 aromatic heterocycles. The van der Waals surface area contributed by atoms with Gasteiger partial charge >= 0.3 is 0 Å². The molecule has 0 fully saturated rings. The number of hydrogen-bond acceptors (Lipinski definition) is 5. The van der Waals surface area contributed by atoms with E-state index in [9.17, 15) is 9.59 Å². The van der Waals surface area contributed by atoms with Crippen molar-refractivity contribution in [1.29, 1.82) is 0 Å². The quantitative estimate of drug-likeness (QED) is 0.672. The molecule has 0 aliphatic rings. The molecule has 0 aliphatic carbocycles. The zero-order valence-corrected chi connectivity index (χ0v) is 13.3. The van der Waals surface area contributed by atoms with E-state index in [4.69, 9.17) is 17.3 Å². The van der Waals surface area contributed by atoms with E-state index in [-0.39, 0.29) is 5.91 Å². The highest BCUT2D eigenvalue weighted by molar-refractivity contribution is 7.18. The molecular weight excluding hydrogens is 344 g/mol. The molecule has 6 nitrogen and oxygen atoms in total. The summed E-state index contributed by atoms with van der Waals surface area (Å²) < 4.78 is 0.552. The highest BCUT2D eigenvalue weighted by Crippen LogP contribution is 2.27. The van der Waals surface area contributed by atoms with E-state index in [1.54, 1.807) is 29.8 Å². The Hall–Kier alpha value is -2.16. The number of nitrogens with two attached hydrogens (primary N) is 1. The number of hydrogen-bond donors (Lipinski definition) is 3. The number of primary amides is 1. The molecule has 0 bridgehead atoms. The number of H-pyrrole nitrogens is 1. The Morgan fingerprint density at radius 2 is 2.18 bits per heavy atom. The van der Waals surface area contributed by atoms with Crippen LogP contribution in [0, 0.1) is 0 Å². The summed E-state index contributed by atoms with van der Waals surface area (Å²) in [4.78, 5) is 30.7. The van der Waals surface area contributed by atoms with Crippen molar-refractivity contribution in [3.8, 4) is 11.3 Å². The number of carbonyl (C=O) groups excluding carboxylic acids is 2. The highest BCUT2D eigenvalue weighted by Gasteiger charge is 2.13. The minimum absolute atomic E-state index is 0.260. The Labute approximate surface area is 138 Å². The van der Waals surface area contributed by atoms with E-state index in [1.165, 1.54) is 22.7 Å². The van der Waals surface area contributed by atoms with E-state index in [1.807, 2.05) is 0 Å². The molecule has 112 valence electrons. The average molecular weight is 353 g/mol. The van der Waals surface area contributed by atoms with Crippen LogP contribution in [0.4, 0.5) is 5.13 Å². The number of nitrogens with one attached hydrogen (secondary N) is 2. The lowest BCUT2D eigenvalue weighted by atomic mass is 10.2. The van der Waals surface area contributed by atoms with Gasteiger partial charge in [-0.15, -0.1) is 22.7 Å². The molecule has 0 aromatic carbocycles. The van der Waals surface area contributed by atoms with Crippen molar-refractivity contribution >= 4 is 51.2 Å². The van der Waals surface area contributed by atoms with Crippen LogP contribution in [0.5, 0.6) is 0 Å². The van der Waals surface area contributed by atoms with Crippen LogP contribution in [0.1, 0.15) is 20.2 Å². The maximum Gasteiger partial charge on any atom is 0.267 e. The molecule has 0 saturated heterocycles. The summed E-state index contributed by atoms with van der Waals surface area (Å²) in [6.07, 6.45) is 1.64. The molecule has 2 amide bonds. The average Bonchev–Trinajstić information content (AvgIpc) is 3.16. The van der Waals surface area contributed by atoms with Gasteiger partial charge < -0.3 is 10.7 Å². The molecule has 0 spiro atoms. The van der Waals surface area contributed by atoms with Crippen molar-refractivity contribution in [3.63, 3.8) is 0 Å². The van der Waals surface area contributed by atoms with Crippen LogP contribution in [0.2, 0.25) is 4.34 Å². The fourth-order valence-corrected chi connectivity index (χ4v) is 3.40. The van der Waals surface area contributed by atoms with Crippen LogP contribution < -0.4 is 11.1 Å². The molecule has 22 heavy (non-hydrogen) atoms. The van der Waals surface area contributed by atoms with Gasteiger partial charge in [0, 0.05) is 17.1 Å². The molecule has 4 N–H and O–H groups in total. The van der Waals surface area contributed by atoms with Crippen LogP contribution in [0.25, 0.3) is 11.3 Å². The standard InChI is InChI=1S/C13H9ClN4O2S2/c14-10-2-1-9(22-10)12(20)18-13-17-8(5-21-13)6-3-7(11(15)19)16-4-6/h1-5,16H,(H2,15,19)(H,17,18,20). The number of aromatic amines is 1. The molecule has 0 radical (unpaired) electrons. The summed E-state index contributed by atoms with van der Waals surface area (Å²) in [5.74, 6) is -0.797. The summed E-state index contributed by atoms with van der Waals surface area (Å²) in [6, 6.07) is 4.93. The molecule has 0 unspecified atom stereocenters. The van der Waals surface area contributed by atoms with E-state index in [0.717, 1.165) is 5.56 Å². The minimum Gasteiger partial charge on any atom is -0.364 e. The Bertz CT molecular complexity index is 852. The van der Waals surface area contributed by atoms with Crippen LogP contribution in [-0.2, 0) is 0 Å². The van der Waals surface area contributed by atoms with E-state index in [0.29, 0.717) is 25.7 Å². The van der Waals surface area contributed by atoms with Crippen LogP contribution >= 0.6 is 34.3 Å². The SMILES string of the molecule is NC(=O)c1cc(-c2csc(NC(=O)c3ccc(Cl)s3)n2)c[nH]1. The maximum atomic E-state index is 12.0. The van der Waals surface area contributed by atoms with Gasteiger partial charge in [0.25, 0.3) is 11.8 Å². The zero-order valence-electron chi connectivity index (χ0n) is 10.9. The Balaban J connectivity index is 1.75. The number of carbonyl (C=O) groups is 2. The second-order valence-electron chi connectivity index (χ2n) is 4.26. The van der Waals surface area contributed by atoms with Crippen molar-refractivity contribution in [3.05, 3.63) is 44.7 Å². The Morgan fingerprint density at radius 1 is 1.36 bits per heavy atom. The van der Waals surface area contributed by atoms with Gasteiger partial charge in [-0.3, -0.25) is 14.9 Å². The molecule has 3 rings (SSSR count). The number of rotatable bonds is 4. The van der Waals surface area contributed by atoms with Crippen molar-refractivity contribution in [2.45, 2.75) is 0 Å². The maximum absolute atomic E-state index is 12.0. The van der Waals surface area contributed by atoms with Gasteiger partial charge in [-0.25, -0.2) is 4.98 Å². The van der Waals surface area contributed by atoms with Crippen molar-refractivity contribution in [1.82, 2.24) is 9.97 Å². The second-order valence-corrected chi connectivity index (χ2v) is 6.84. The van der Waals surface area contributed by atoms with Crippen molar-refractivity contribution in [2.24, 2.45) is 5.73 Å². The molecular formula is C13H9ClN4O2S2. The van der Waals surface area contributed by atoms with Crippen LogP contribution in [-0.4, -0.2) is 21.8 Å². The Morgan fingerprint density at radius 3 is 2.82 bits per heavy atom. The number of amides is 2.